The number of oxazole rings is 1. The summed E-state index contributed by atoms with van der Waals surface area (Å²) in [6, 6.07) is 18.9. The molecule has 0 saturated carbocycles. The van der Waals surface area contributed by atoms with E-state index in [0.29, 0.717) is 30.1 Å². The fraction of sp³-hybridized carbons (Fsp3) is 0.190. The Kier molecular flexibility index (Phi) is 5.45. The first kappa shape index (κ1) is 17.4. The van der Waals surface area contributed by atoms with Crippen molar-refractivity contribution in [3.63, 3.8) is 0 Å². The fourth-order valence-electron chi connectivity index (χ4n) is 2.63. The molecule has 0 spiro atoms. The molecule has 5 nitrogen and oxygen atoms in total. The maximum absolute atomic E-state index is 12.2. The molecule has 0 aliphatic rings. The first-order chi connectivity index (χ1) is 12.7. The van der Waals surface area contributed by atoms with E-state index in [9.17, 15) is 4.79 Å². The SMILES string of the molecule is CC(NC(=O)CCc1ncc(-c2ccccc2)o1)c1ccc(C#N)cc1. The van der Waals surface area contributed by atoms with Gasteiger partial charge in [-0.25, -0.2) is 4.98 Å². The van der Waals surface area contributed by atoms with E-state index in [4.69, 9.17) is 9.68 Å². The van der Waals surface area contributed by atoms with E-state index in [-0.39, 0.29) is 11.9 Å². The Hall–Kier alpha value is -3.39. The van der Waals surface area contributed by atoms with Crippen LogP contribution in [0.25, 0.3) is 11.3 Å². The number of carbonyl (C=O) groups excluding carboxylic acids is 1. The van der Waals surface area contributed by atoms with Crippen molar-refractivity contribution < 1.29 is 9.21 Å². The van der Waals surface area contributed by atoms with Crippen LogP contribution in [0.5, 0.6) is 0 Å². The van der Waals surface area contributed by atoms with Gasteiger partial charge in [0.2, 0.25) is 5.91 Å². The Balaban J connectivity index is 1.52. The van der Waals surface area contributed by atoms with Gasteiger partial charge < -0.3 is 9.73 Å². The molecule has 1 heterocycles. The summed E-state index contributed by atoms with van der Waals surface area (Å²) in [5.41, 5.74) is 2.52. The first-order valence-corrected chi connectivity index (χ1v) is 8.45. The second-order valence-electron chi connectivity index (χ2n) is 6.01. The number of aryl methyl sites for hydroxylation is 1. The fourth-order valence-corrected chi connectivity index (χ4v) is 2.63. The van der Waals surface area contributed by atoms with Gasteiger partial charge in [0.15, 0.2) is 11.7 Å². The van der Waals surface area contributed by atoms with Gasteiger partial charge in [-0.3, -0.25) is 4.79 Å². The Bertz CT molecular complexity index is 908. The van der Waals surface area contributed by atoms with Crippen molar-refractivity contribution >= 4 is 5.91 Å². The van der Waals surface area contributed by atoms with Gasteiger partial charge in [0.05, 0.1) is 23.9 Å². The number of nitriles is 1. The number of amides is 1. The van der Waals surface area contributed by atoms with Crippen LogP contribution in [0.15, 0.2) is 65.2 Å². The highest BCUT2D eigenvalue weighted by atomic mass is 16.4. The van der Waals surface area contributed by atoms with E-state index < -0.39 is 0 Å². The molecule has 0 aliphatic heterocycles. The van der Waals surface area contributed by atoms with Gasteiger partial charge in [0.1, 0.15) is 0 Å². The molecule has 3 rings (SSSR count). The molecular weight excluding hydrogens is 326 g/mol. The van der Waals surface area contributed by atoms with E-state index in [2.05, 4.69) is 16.4 Å². The molecule has 1 atom stereocenters. The number of benzene rings is 2. The summed E-state index contributed by atoms with van der Waals surface area (Å²) in [6.07, 6.45) is 2.43. The molecule has 3 aromatic rings. The minimum absolute atomic E-state index is 0.0682. The summed E-state index contributed by atoms with van der Waals surface area (Å²) in [7, 11) is 0. The molecule has 0 fully saturated rings. The number of rotatable bonds is 6. The average molecular weight is 345 g/mol. The van der Waals surface area contributed by atoms with Crippen molar-refractivity contribution in [3.8, 4) is 17.4 Å². The number of nitrogens with one attached hydrogen (secondary N) is 1. The summed E-state index contributed by atoms with van der Waals surface area (Å²) in [6.45, 7) is 1.91. The Morgan fingerprint density at radius 3 is 2.62 bits per heavy atom. The van der Waals surface area contributed by atoms with Crippen LogP contribution >= 0.6 is 0 Å². The van der Waals surface area contributed by atoms with E-state index in [1.54, 1.807) is 18.3 Å². The molecule has 26 heavy (non-hydrogen) atoms. The van der Waals surface area contributed by atoms with Crippen LogP contribution in [0.2, 0.25) is 0 Å². The summed E-state index contributed by atoms with van der Waals surface area (Å²) in [5, 5.41) is 11.8. The highest BCUT2D eigenvalue weighted by Gasteiger charge is 2.12. The molecule has 5 heteroatoms. The Morgan fingerprint density at radius 1 is 1.19 bits per heavy atom. The van der Waals surface area contributed by atoms with Gasteiger partial charge >= 0.3 is 0 Å². The van der Waals surface area contributed by atoms with Crippen molar-refractivity contribution in [2.75, 3.05) is 0 Å². The van der Waals surface area contributed by atoms with Crippen LogP contribution in [0.4, 0.5) is 0 Å². The molecule has 0 bridgehead atoms. The van der Waals surface area contributed by atoms with Crippen molar-refractivity contribution in [1.82, 2.24) is 10.3 Å². The number of carbonyl (C=O) groups is 1. The molecule has 130 valence electrons. The maximum atomic E-state index is 12.2. The first-order valence-electron chi connectivity index (χ1n) is 8.45. The van der Waals surface area contributed by atoms with Crippen molar-refractivity contribution in [1.29, 1.82) is 5.26 Å². The normalized spacial score (nSPS) is 11.5. The zero-order valence-electron chi connectivity index (χ0n) is 14.5. The minimum atomic E-state index is -0.125. The lowest BCUT2D eigenvalue weighted by atomic mass is 10.1. The number of hydrogen-bond acceptors (Lipinski definition) is 4. The Labute approximate surface area is 152 Å². The van der Waals surface area contributed by atoms with Gasteiger partial charge in [-0.05, 0) is 24.6 Å². The molecule has 1 aromatic heterocycles. The highest BCUT2D eigenvalue weighted by Crippen LogP contribution is 2.20. The molecule has 1 unspecified atom stereocenters. The zero-order chi connectivity index (χ0) is 18.4. The minimum Gasteiger partial charge on any atom is -0.441 e. The van der Waals surface area contributed by atoms with Crippen molar-refractivity contribution in [2.45, 2.75) is 25.8 Å². The lowest BCUT2D eigenvalue weighted by molar-refractivity contribution is -0.121. The number of aromatic nitrogens is 1. The van der Waals surface area contributed by atoms with Gasteiger partial charge in [-0.1, -0.05) is 42.5 Å². The molecule has 2 aromatic carbocycles. The Morgan fingerprint density at radius 2 is 1.92 bits per heavy atom. The quantitative estimate of drug-likeness (QED) is 0.732. The molecule has 0 radical (unpaired) electrons. The summed E-state index contributed by atoms with van der Waals surface area (Å²) >= 11 is 0. The van der Waals surface area contributed by atoms with Gasteiger partial charge in [0, 0.05) is 18.4 Å². The standard InChI is InChI=1S/C21H19N3O2/c1-15(17-9-7-16(13-22)8-10-17)24-20(25)11-12-21-23-14-19(26-21)18-5-3-2-4-6-18/h2-10,14-15H,11-12H2,1H3,(H,24,25). The third kappa shape index (κ3) is 4.37. The highest BCUT2D eigenvalue weighted by molar-refractivity contribution is 5.76. The maximum Gasteiger partial charge on any atom is 0.220 e. The summed E-state index contributed by atoms with van der Waals surface area (Å²) in [4.78, 5) is 16.4. The third-order valence-corrected chi connectivity index (χ3v) is 4.10. The van der Waals surface area contributed by atoms with Crippen LogP contribution in [-0.4, -0.2) is 10.9 Å². The number of nitrogens with zero attached hydrogens (tertiary/aromatic N) is 2. The lowest BCUT2D eigenvalue weighted by Crippen LogP contribution is -2.26. The zero-order valence-corrected chi connectivity index (χ0v) is 14.5. The molecule has 0 aliphatic carbocycles. The van der Waals surface area contributed by atoms with Crippen LogP contribution in [0.3, 0.4) is 0 Å². The van der Waals surface area contributed by atoms with Crippen molar-refractivity contribution in [2.24, 2.45) is 0 Å². The number of hydrogen-bond donors (Lipinski definition) is 1. The van der Waals surface area contributed by atoms with Gasteiger partial charge in [0.25, 0.3) is 0 Å². The average Bonchev–Trinajstić information content (AvgIpc) is 3.16. The van der Waals surface area contributed by atoms with E-state index in [1.807, 2.05) is 49.4 Å². The van der Waals surface area contributed by atoms with Gasteiger partial charge in [-0.2, -0.15) is 5.26 Å². The molecule has 1 N–H and O–H groups in total. The predicted octanol–water partition coefficient (Wildman–Crippen LogP) is 4.02. The lowest BCUT2D eigenvalue weighted by Gasteiger charge is -2.14. The second-order valence-corrected chi connectivity index (χ2v) is 6.01. The van der Waals surface area contributed by atoms with Crippen LogP contribution < -0.4 is 5.32 Å². The van der Waals surface area contributed by atoms with E-state index in [1.165, 1.54) is 0 Å². The van der Waals surface area contributed by atoms with Crippen LogP contribution in [0, 0.1) is 11.3 Å². The topological polar surface area (TPSA) is 78.9 Å². The molecule has 0 saturated heterocycles. The monoisotopic (exact) mass is 345 g/mol. The summed E-state index contributed by atoms with van der Waals surface area (Å²) in [5.74, 6) is 1.18. The van der Waals surface area contributed by atoms with E-state index >= 15 is 0 Å². The van der Waals surface area contributed by atoms with Crippen LogP contribution in [0.1, 0.15) is 36.4 Å². The van der Waals surface area contributed by atoms with Crippen LogP contribution in [-0.2, 0) is 11.2 Å². The third-order valence-electron chi connectivity index (χ3n) is 4.10. The van der Waals surface area contributed by atoms with E-state index in [0.717, 1.165) is 11.1 Å². The molecular formula is C21H19N3O2. The van der Waals surface area contributed by atoms with Crippen molar-refractivity contribution in [3.05, 3.63) is 77.8 Å². The van der Waals surface area contributed by atoms with Gasteiger partial charge in [-0.15, -0.1) is 0 Å². The molecule has 1 amide bonds. The smallest absolute Gasteiger partial charge is 0.220 e. The summed E-state index contributed by atoms with van der Waals surface area (Å²) < 4.78 is 5.71. The largest absolute Gasteiger partial charge is 0.441 e. The predicted molar refractivity (Wildman–Crippen MR) is 98.0 cm³/mol. The second kappa shape index (κ2) is 8.13.